The smallest absolute Gasteiger partial charge is 0.223 e. The number of rotatable bonds is 6. The Morgan fingerprint density at radius 2 is 1.69 bits per heavy atom. The van der Waals surface area contributed by atoms with Crippen LogP contribution >= 0.6 is 22.9 Å². The lowest BCUT2D eigenvalue weighted by Gasteiger charge is -2.34. The first-order valence-corrected chi connectivity index (χ1v) is 10.9. The number of carbonyl (C=O) groups excluding carboxylic acids is 2. The third-order valence-electron chi connectivity index (χ3n) is 5.15. The van der Waals surface area contributed by atoms with E-state index in [4.69, 9.17) is 16.6 Å². The molecule has 1 aliphatic rings. The normalized spacial score (nSPS) is 15.0. The highest BCUT2D eigenvalue weighted by molar-refractivity contribution is 7.18. The third kappa shape index (κ3) is 5.01. The summed E-state index contributed by atoms with van der Waals surface area (Å²) in [4.78, 5) is 33.6. The second-order valence-electron chi connectivity index (χ2n) is 7.16. The molecule has 0 atom stereocenters. The van der Waals surface area contributed by atoms with Crippen LogP contribution in [0.15, 0.2) is 48.5 Å². The molecule has 0 unspecified atom stereocenters. The highest BCUT2D eigenvalue weighted by atomic mass is 35.5. The van der Waals surface area contributed by atoms with E-state index in [-0.39, 0.29) is 24.5 Å². The highest BCUT2D eigenvalue weighted by Gasteiger charge is 2.22. The number of thiazole rings is 1. The number of piperazine rings is 1. The van der Waals surface area contributed by atoms with E-state index in [1.165, 1.54) is 4.70 Å². The lowest BCUT2D eigenvalue weighted by Crippen LogP contribution is -2.48. The molecule has 1 aliphatic heterocycles. The zero-order valence-corrected chi connectivity index (χ0v) is 17.6. The molecule has 0 bridgehead atoms. The number of hydrogen-bond donors (Lipinski definition) is 0. The van der Waals surface area contributed by atoms with Gasteiger partial charge in [-0.3, -0.25) is 14.5 Å². The first-order valence-electron chi connectivity index (χ1n) is 9.72. The van der Waals surface area contributed by atoms with Gasteiger partial charge in [-0.1, -0.05) is 23.7 Å². The molecule has 7 heteroatoms. The Hall–Kier alpha value is -2.28. The van der Waals surface area contributed by atoms with Crippen LogP contribution < -0.4 is 0 Å². The van der Waals surface area contributed by atoms with Gasteiger partial charge in [0, 0.05) is 49.6 Å². The average molecular weight is 428 g/mol. The van der Waals surface area contributed by atoms with E-state index >= 15 is 0 Å². The quantitative estimate of drug-likeness (QED) is 0.551. The molecule has 0 saturated carbocycles. The van der Waals surface area contributed by atoms with Crippen molar-refractivity contribution in [1.82, 2.24) is 14.8 Å². The van der Waals surface area contributed by atoms with Gasteiger partial charge in [0.25, 0.3) is 0 Å². The van der Waals surface area contributed by atoms with E-state index in [1.54, 1.807) is 35.6 Å². The van der Waals surface area contributed by atoms with Crippen LogP contribution in [0.3, 0.4) is 0 Å². The molecule has 4 rings (SSSR count). The number of ketones is 1. The molecule has 1 aromatic heterocycles. The van der Waals surface area contributed by atoms with Crippen LogP contribution in [-0.2, 0) is 11.3 Å². The summed E-state index contributed by atoms with van der Waals surface area (Å²) in [6.45, 7) is 3.85. The second-order valence-corrected chi connectivity index (χ2v) is 8.71. The number of amides is 1. The van der Waals surface area contributed by atoms with Gasteiger partial charge in [0.15, 0.2) is 5.78 Å². The van der Waals surface area contributed by atoms with Crippen molar-refractivity contribution in [2.24, 2.45) is 0 Å². The van der Waals surface area contributed by atoms with Crippen molar-refractivity contribution in [3.63, 3.8) is 0 Å². The predicted molar refractivity (Wildman–Crippen MR) is 116 cm³/mol. The van der Waals surface area contributed by atoms with Crippen molar-refractivity contribution in [2.45, 2.75) is 19.4 Å². The molecule has 0 aliphatic carbocycles. The number of nitrogens with zero attached hydrogens (tertiary/aromatic N) is 3. The minimum absolute atomic E-state index is 0.0236. The van der Waals surface area contributed by atoms with Crippen LogP contribution in [0.25, 0.3) is 10.2 Å². The fourth-order valence-corrected chi connectivity index (χ4v) is 4.63. The number of hydrogen-bond acceptors (Lipinski definition) is 5. The van der Waals surface area contributed by atoms with Crippen LogP contribution in [0.4, 0.5) is 0 Å². The Balaban J connectivity index is 1.24. The summed E-state index contributed by atoms with van der Waals surface area (Å²) < 4.78 is 1.21. The molecule has 2 aromatic carbocycles. The number of para-hydroxylation sites is 1. The van der Waals surface area contributed by atoms with Crippen molar-refractivity contribution < 1.29 is 9.59 Å². The van der Waals surface area contributed by atoms with Crippen molar-refractivity contribution in [2.75, 3.05) is 26.2 Å². The summed E-state index contributed by atoms with van der Waals surface area (Å²) in [6, 6.07) is 15.0. The number of fused-ring (bicyclic) bond motifs is 1. The van der Waals surface area contributed by atoms with E-state index in [9.17, 15) is 9.59 Å². The Kier molecular flexibility index (Phi) is 6.23. The molecule has 2 heterocycles. The topological polar surface area (TPSA) is 53.5 Å². The lowest BCUT2D eigenvalue weighted by molar-refractivity contribution is -0.132. The monoisotopic (exact) mass is 427 g/mol. The molecule has 0 N–H and O–H groups in total. The fraction of sp³-hybridized carbons (Fsp3) is 0.318. The Bertz CT molecular complexity index is 977. The molecular formula is C22H22ClN3O2S. The summed E-state index contributed by atoms with van der Waals surface area (Å²) in [5.41, 5.74) is 1.65. The Labute approximate surface area is 178 Å². The van der Waals surface area contributed by atoms with Crippen molar-refractivity contribution >= 4 is 44.8 Å². The zero-order chi connectivity index (χ0) is 20.2. The molecule has 0 spiro atoms. The van der Waals surface area contributed by atoms with E-state index in [0.29, 0.717) is 23.7 Å². The summed E-state index contributed by atoms with van der Waals surface area (Å²) in [6.07, 6.45) is 0.478. The van der Waals surface area contributed by atoms with Gasteiger partial charge in [0.1, 0.15) is 5.01 Å². The van der Waals surface area contributed by atoms with Crippen LogP contribution in [0.5, 0.6) is 0 Å². The van der Waals surface area contributed by atoms with E-state index in [0.717, 1.165) is 30.2 Å². The Morgan fingerprint density at radius 3 is 2.41 bits per heavy atom. The highest BCUT2D eigenvalue weighted by Crippen LogP contribution is 2.23. The maximum Gasteiger partial charge on any atom is 0.223 e. The molecule has 29 heavy (non-hydrogen) atoms. The van der Waals surface area contributed by atoms with Crippen LogP contribution in [-0.4, -0.2) is 52.7 Å². The summed E-state index contributed by atoms with van der Waals surface area (Å²) in [7, 11) is 0. The molecule has 1 saturated heterocycles. The van der Waals surface area contributed by atoms with Gasteiger partial charge in [-0.15, -0.1) is 11.3 Å². The van der Waals surface area contributed by atoms with Gasteiger partial charge >= 0.3 is 0 Å². The Morgan fingerprint density at radius 1 is 0.966 bits per heavy atom. The first kappa shape index (κ1) is 20.0. The zero-order valence-electron chi connectivity index (χ0n) is 16.0. The maximum atomic E-state index is 12.5. The van der Waals surface area contributed by atoms with Gasteiger partial charge in [-0.25, -0.2) is 4.98 Å². The van der Waals surface area contributed by atoms with Gasteiger partial charge < -0.3 is 4.90 Å². The second kappa shape index (κ2) is 9.03. The number of benzene rings is 2. The minimum atomic E-state index is -0.0236. The van der Waals surface area contributed by atoms with Crippen LogP contribution in [0.2, 0.25) is 5.02 Å². The largest absolute Gasteiger partial charge is 0.340 e. The number of carbonyl (C=O) groups is 2. The number of Topliss-reactive ketones (excluding diaryl/α,β-unsaturated/α-hetero) is 1. The van der Waals surface area contributed by atoms with E-state index < -0.39 is 0 Å². The summed E-state index contributed by atoms with van der Waals surface area (Å²) in [5.74, 6) is 0.0245. The average Bonchev–Trinajstić information content (AvgIpc) is 3.15. The van der Waals surface area contributed by atoms with Crippen molar-refractivity contribution in [3.05, 3.63) is 64.1 Å². The van der Waals surface area contributed by atoms with E-state index in [2.05, 4.69) is 11.0 Å². The first-order chi connectivity index (χ1) is 14.1. The van der Waals surface area contributed by atoms with E-state index in [1.807, 2.05) is 23.1 Å². The molecule has 1 fully saturated rings. The predicted octanol–water partition coefficient (Wildman–Crippen LogP) is 4.26. The van der Waals surface area contributed by atoms with Gasteiger partial charge in [-0.05, 0) is 36.4 Å². The fourth-order valence-electron chi connectivity index (χ4n) is 3.49. The summed E-state index contributed by atoms with van der Waals surface area (Å²) >= 11 is 7.58. The van der Waals surface area contributed by atoms with Crippen LogP contribution in [0, 0.1) is 0 Å². The number of aromatic nitrogens is 1. The van der Waals surface area contributed by atoms with Crippen molar-refractivity contribution in [3.8, 4) is 0 Å². The van der Waals surface area contributed by atoms with Gasteiger partial charge in [-0.2, -0.15) is 0 Å². The summed E-state index contributed by atoms with van der Waals surface area (Å²) in [5, 5.41) is 1.71. The molecule has 1 amide bonds. The molecule has 3 aromatic rings. The van der Waals surface area contributed by atoms with Gasteiger partial charge in [0.2, 0.25) is 5.91 Å². The maximum absolute atomic E-state index is 12.5. The lowest BCUT2D eigenvalue weighted by atomic mass is 10.1. The number of halogens is 1. The van der Waals surface area contributed by atoms with Crippen LogP contribution in [0.1, 0.15) is 28.2 Å². The molecule has 0 radical (unpaired) electrons. The minimum Gasteiger partial charge on any atom is -0.340 e. The molecule has 150 valence electrons. The van der Waals surface area contributed by atoms with Crippen molar-refractivity contribution in [1.29, 1.82) is 0 Å². The third-order valence-corrected chi connectivity index (χ3v) is 6.43. The van der Waals surface area contributed by atoms with Gasteiger partial charge in [0.05, 0.1) is 16.8 Å². The standard InChI is InChI=1S/C22H22ClN3O2S/c23-17-7-5-16(6-8-17)19(27)9-10-22(28)26-13-11-25(12-14-26)15-21-24-18-3-1-2-4-20(18)29-21/h1-8H,9-15H2. The molecule has 5 nitrogen and oxygen atoms in total. The molecular weight excluding hydrogens is 406 g/mol. The SMILES string of the molecule is O=C(CCC(=O)N1CCN(Cc2nc3ccccc3s2)CC1)c1ccc(Cl)cc1.